The van der Waals surface area contributed by atoms with E-state index in [1.54, 1.807) is 32.4 Å². The maximum absolute atomic E-state index is 12.3. The van der Waals surface area contributed by atoms with E-state index in [9.17, 15) is 4.79 Å². The van der Waals surface area contributed by atoms with Crippen LogP contribution in [0.1, 0.15) is 15.9 Å². The highest BCUT2D eigenvalue weighted by molar-refractivity contribution is 9.10. The number of ketones is 1. The lowest BCUT2D eigenvalue weighted by atomic mass is 10.0. The van der Waals surface area contributed by atoms with Gasteiger partial charge in [0.25, 0.3) is 0 Å². The van der Waals surface area contributed by atoms with Gasteiger partial charge in [0.15, 0.2) is 5.78 Å². The summed E-state index contributed by atoms with van der Waals surface area (Å²) >= 11 is 4.85. The molecule has 2 rings (SSSR count). The largest absolute Gasteiger partial charge is 0.496 e. The van der Waals surface area contributed by atoms with E-state index in [1.807, 2.05) is 10.8 Å². The molecule has 0 spiro atoms. The van der Waals surface area contributed by atoms with E-state index in [-0.39, 0.29) is 5.78 Å². The van der Waals surface area contributed by atoms with Gasteiger partial charge in [0.1, 0.15) is 11.5 Å². The van der Waals surface area contributed by atoms with Gasteiger partial charge in [-0.2, -0.15) is 11.3 Å². The molecule has 0 aliphatic rings. The Kier molecular flexibility index (Phi) is 4.04. The molecule has 2 aromatic rings. The maximum Gasteiger partial charge on any atom is 0.197 e. The standard InChI is InChI=1S/C13H11BrO3S/c1-16-11-6-10(14)12(17-2)5-9(11)13(15)8-3-4-18-7-8/h3-7H,1-2H3. The number of benzene rings is 1. The summed E-state index contributed by atoms with van der Waals surface area (Å²) in [5, 5.41) is 3.69. The third-order valence-electron chi connectivity index (χ3n) is 2.50. The van der Waals surface area contributed by atoms with Gasteiger partial charge in [-0.25, -0.2) is 0 Å². The summed E-state index contributed by atoms with van der Waals surface area (Å²) in [5.74, 6) is 1.06. The molecule has 0 fully saturated rings. The van der Waals surface area contributed by atoms with Crippen LogP contribution in [0, 0.1) is 0 Å². The van der Waals surface area contributed by atoms with Crippen LogP contribution in [-0.4, -0.2) is 20.0 Å². The first-order chi connectivity index (χ1) is 8.67. The van der Waals surface area contributed by atoms with Crippen LogP contribution in [0.15, 0.2) is 33.4 Å². The van der Waals surface area contributed by atoms with Crippen molar-refractivity contribution in [1.29, 1.82) is 0 Å². The SMILES string of the molecule is COc1cc(C(=O)c2ccsc2)c(OC)cc1Br. The van der Waals surface area contributed by atoms with Crippen molar-refractivity contribution in [2.45, 2.75) is 0 Å². The number of hydrogen-bond donors (Lipinski definition) is 0. The Morgan fingerprint density at radius 1 is 1.22 bits per heavy atom. The van der Waals surface area contributed by atoms with E-state index in [2.05, 4.69) is 15.9 Å². The number of carbonyl (C=O) groups excluding carboxylic acids is 1. The van der Waals surface area contributed by atoms with Crippen molar-refractivity contribution in [3.05, 3.63) is 44.6 Å². The minimum absolute atomic E-state index is 0.0705. The Balaban J connectivity index is 2.52. The van der Waals surface area contributed by atoms with Crippen molar-refractivity contribution in [2.75, 3.05) is 14.2 Å². The summed E-state index contributed by atoms with van der Waals surface area (Å²) in [6.45, 7) is 0. The molecule has 0 unspecified atom stereocenters. The van der Waals surface area contributed by atoms with Crippen molar-refractivity contribution in [2.24, 2.45) is 0 Å². The average molecular weight is 327 g/mol. The first kappa shape index (κ1) is 13.1. The van der Waals surface area contributed by atoms with Crippen molar-refractivity contribution >= 4 is 33.0 Å². The van der Waals surface area contributed by atoms with Crippen LogP contribution in [0.25, 0.3) is 0 Å². The highest BCUT2D eigenvalue weighted by Gasteiger charge is 2.17. The van der Waals surface area contributed by atoms with E-state index >= 15 is 0 Å². The molecule has 3 nitrogen and oxygen atoms in total. The summed E-state index contributed by atoms with van der Waals surface area (Å²) in [4.78, 5) is 12.3. The molecule has 1 aromatic heterocycles. The molecular weight excluding hydrogens is 316 g/mol. The lowest BCUT2D eigenvalue weighted by molar-refractivity contribution is 0.103. The molecule has 0 amide bonds. The van der Waals surface area contributed by atoms with E-state index < -0.39 is 0 Å². The fraction of sp³-hybridized carbons (Fsp3) is 0.154. The molecule has 0 saturated carbocycles. The van der Waals surface area contributed by atoms with Crippen LogP contribution in [0.3, 0.4) is 0 Å². The second-order valence-electron chi connectivity index (χ2n) is 3.53. The minimum atomic E-state index is -0.0705. The van der Waals surface area contributed by atoms with Crippen molar-refractivity contribution in [3.8, 4) is 11.5 Å². The topological polar surface area (TPSA) is 35.5 Å². The fourth-order valence-electron chi connectivity index (χ4n) is 1.59. The summed E-state index contributed by atoms with van der Waals surface area (Å²) in [6, 6.07) is 5.21. The molecule has 0 saturated heterocycles. The molecule has 0 atom stereocenters. The molecule has 5 heteroatoms. The second kappa shape index (κ2) is 5.54. The highest BCUT2D eigenvalue weighted by Crippen LogP contribution is 2.34. The third-order valence-corrected chi connectivity index (χ3v) is 3.80. The van der Waals surface area contributed by atoms with Crippen LogP contribution < -0.4 is 9.47 Å². The van der Waals surface area contributed by atoms with Crippen LogP contribution >= 0.6 is 27.3 Å². The van der Waals surface area contributed by atoms with Crippen LogP contribution in [0.4, 0.5) is 0 Å². The molecular formula is C13H11BrO3S. The lowest BCUT2D eigenvalue weighted by Gasteiger charge is -2.11. The normalized spacial score (nSPS) is 10.2. The summed E-state index contributed by atoms with van der Waals surface area (Å²) in [5.41, 5.74) is 1.15. The van der Waals surface area contributed by atoms with Gasteiger partial charge in [-0.1, -0.05) is 0 Å². The van der Waals surface area contributed by atoms with Gasteiger partial charge in [-0.3, -0.25) is 4.79 Å². The molecule has 0 N–H and O–H groups in total. The van der Waals surface area contributed by atoms with Gasteiger partial charge in [0, 0.05) is 10.9 Å². The Morgan fingerprint density at radius 2 is 1.94 bits per heavy atom. The van der Waals surface area contributed by atoms with E-state index in [4.69, 9.17) is 9.47 Å². The number of halogens is 1. The summed E-state index contributed by atoms with van der Waals surface area (Å²) < 4.78 is 11.2. The Morgan fingerprint density at radius 3 is 2.50 bits per heavy atom. The third kappa shape index (κ3) is 2.42. The number of hydrogen-bond acceptors (Lipinski definition) is 4. The van der Waals surface area contributed by atoms with E-state index in [1.165, 1.54) is 11.3 Å². The maximum atomic E-state index is 12.3. The predicted octanol–water partition coefficient (Wildman–Crippen LogP) is 3.76. The van der Waals surface area contributed by atoms with Crippen LogP contribution in [0.5, 0.6) is 11.5 Å². The fourth-order valence-corrected chi connectivity index (χ4v) is 2.71. The highest BCUT2D eigenvalue weighted by atomic mass is 79.9. The summed E-state index contributed by atoms with van der Waals surface area (Å²) in [7, 11) is 3.10. The number of methoxy groups -OCH3 is 2. The monoisotopic (exact) mass is 326 g/mol. The Bertz CT molecular complexity index is 564. The average Bonchev–Trinajstić information content (AvgIpc) is 2.91. The zero-order valence-electron chi connectivity index (χ0n) is 9.90. The zero-order chi connectivity index (χ0) is 13.1. The molecule has 18 heavy (non-hydrogen) atoms. The molecule has 1 aromatic carbocycles. The smallest absolute Gasteiger partial charge is 0.197 e. The second-order valence-corrected chi connectivity index (χ2v) is 5.16. The number of ether oxygens (including phenoxy) is 2. The van der Waals surface area contributed by atoms with E-state index in [0.717, 1.165) is 4.47 Å². The molecule has 0 bridgehead atoms. The molecule has 94 valence electrons. The lowest BCUT2D eigenvalue weighted by Crippen LogP contribution is -2.03. The predicted molar refractivity (Wildman–Crippen MR) is 75.0 cm³/mol. The first-order valence-electron chi connectivity index (χ1n) is 5.15. The van der Waals surface area contributed by atoms with Crippen molar-refractivity contribution < 1.29 is 14.3 Å². The molecule has 1 heterocycles. The van der Waals surface area contributed by atoms with Crippen molar-refractivity contribution in [1.82, 2.24) is 0 Å². The minimum Gasteiger partial charge on any atom is -0.496 e. The first-order valence-corrected chi connectivity index (χ1v) is 6.89. The van der Waals surface area contributed by atoms with Crippen molar-refractivity contribution in [3.63, 3.8) is 0 Å². The summed E-state index contributed by atoms with van der Waals surface area (Å²) in [6.07, 6.45) is 0. The molecule has 0 radical (unpaired) electrons. The van der Waals surface area contributed by atoms with Crippen LogP contribution in [-0.2, 0) is 0 Å². The molecule has 0 aliphatic carbocycles. The van der Waals surface area contributed by atoms with Gasteiger partial charge in [0.2, 0.25) is 0 Å². The van der Waals surface area contributed by atoms with Crippen LogP contribution in [0.2, 0.25) is 0 Å². The van der Waals surface area contributed by atoms with Gasteiger partial charge >= 0.3 is 0 Å². The number of thiophene rings is 1. The quantitative estimate of drug-likeness (QED) is 0.802. The Hall–Kier alpha value is -1.33. The Labute approximate surface area is 117 Å². The zero-order valence-corrected chi connectivity index (χ0v) is 12.3. The van der Waals surface area contributed by atoms with E-state index in [0.29, 0.717) is 22.6 Å². The molecule has 0 aliphatic heterocycles. The van der Waals surface area contributed by atoms with Gasteiger partial charge in [0.05, 0.1) is 24.3 Å². The number of carbonyl (C=O) groups is 1. The van der Waals surface area contributed by atoms with Gasteiger partial charge < -0.3 is 9.47 Å². The van der Waals surface area contributed by atoms with Gasteiger partial charge in [-0.15, -0.1) is 0 Å². The number of rotatable bonds is 4. The van der Waals surface area contributed by atoms with Gasteiger partial charge in [-0.05, 0) is 39.5 Å².